The summed E-state index contributed by atoms with van der Waals surface area (Å²) >= 11 is 0. The van der Waals surface area contributed by atoms with Crippen LogP contribution in [0.3, 0.4) is 0 Å². The summed E-state index contributed by atoms with van der Waals surface area (Å²) in [7, 11) is 0. The van der Waals surface area contributed by atoms with Crippen LogP contribution < -0.4 is 5.32 Å². The first-order valence-electron chi connectivity index (χ1n) is 14.1. The molecule has 1 heterocycles. The average molecular weight is 605 g/mol. The van der Waals surface area contributed by atoms with Gasteiger partial charge < -0.3 is 10.2 Å². The van der Waals surface area contributed by atoms with Crippen LogP contribution >= 0.6 is 0 Å². The largest absolute Gasteiger partial charge is 0.416 e. The Hall–Kier alpha value is -3.66. The van der Waals surface area contributed by atoms with E-state index in [4.69, 9.17) is 0 Å². The van der Waals surface area contributed by atoms with Gasteiger partial charge >= 0.3 is 12.4 Å². The molecular formula is C33H31F7N2O. The zero-order valence-electron chi connectivity index (χ0n) is 23.4. The van der Waals surface area contributed by atoms with E-state index in [1.807, 2.05) is 12.1 Å². The molecular weight excluding hydrogens is 573 g/mol. The summed E-state index contributed by atoms with van der Waals surface area (Å²) in [5.41, 5.74) is -0.229. The third-order valence-electron chi connectivity index (χ3n) is 8.71. The molecule has 1 N–H and O–H groups in total. The molecule has 3 aromatic rings. The topological polar surface area (TPSA) is 32.3 Å². The molecule has 1 saturated heterocycles. The molecule has 3 nitrogen and oxygen atoms in total. The van der Waals surface area contributed by atoms with Crippen molar-refractivity contribution in [3.63, 3.8) is 0 Å². The number of halogens is 7. The fourth-order valence-electron chi connectivity index (χ4n) is 6.37. The number of alkyl halides is 6. The summed E-state index contributed by atoms with van der Waals surface area (Å²) in [6.07, 6.45) is -4.30. The molecule has 0 saturated carbocycles. The number of carbonyl (C=O) groups is 1. The van der Waals surface area contributed by atoms with Crippen molar-refractivity contribution < 1.29 is 35.5 Å². The van der Waals surface area contributed by atoms with Gasteiger partial charge in [0.05, 0.1) is 17.0 Å². The minimum absolute atomic E-state index is 0.0519. The van der Waals surface area contributed by atoms with Crippen LogP contribution in [0.5, 0.6) is 0 Å². The van der Waals surface area contributed by atoms with Gasteiger partial charge in [-0.25, -0.2) is 4.39 Å². The minimum atomic E-state index is -4.99. The molecule has 2 unspecified atom stereocenters. The van der Waals surface area contributed by atoms with Crippen molar-refractivity contribution in [2.24, 2.45) is 5.92 Å². The number of nitrogens with zero attached hydrogens (tertiary/aromatic N) is 1. The predicted octanol–water partition coefficient (Wildman–Crippen LogP) is 7.96. The number of rotatable bonds is 7. The Labute approximate surface area is 245 Å². The van der Waals surface area contributed by atoms with Crippen LogP contribution in [0.2, 0.25) is 0 Å². The number of hydrogen-bond acceptors (Lipinski definition) is 2. The quantitative estimate of drug-likeness (QED) is 0.278. The van der Waals surface area contributed by atoms with E-state index in [9.17, 15) is 35.5 Å². The Kier molecular flexibility index (Phi) is 8.44. The molecule has 1 amide bonds. The second kappa shape index (κ2) is 11.8. The molecule has 1 fully saturated rings. The van der Waals surface area contributed by atoms with Gasteiger partial charge in [0.25, 0.3) is 0 Å². The van der Waals surface area contributed by atoms with Crippen molar-refractivity contribution in [3.8, 4) is 0 Å². The Balaban J connectivity index is 1.29. The van der Waals surface area contributed by atoms with Crippen LogP contribution in [0.25, 0.3) is 6.08 Å². The van der Waals surface area contributed by atoms with Gasteiger partial charge in [0.2, 0.25) is 5.91 Å². The molecule has 3 atom stereocenters. The van der Waals surface area contributed by atoms with Gasteiger partial charge in [-0.3, -0.25) is 4.79 Å². The standard InChI is InChI=1S/C33H31F7N2O/c1-21-20-42(15-13-31(21)12-10-24-4-2-3-5-29(24)31)14-11-28(23-6-8-27(34)9-7-23)30(43)41-19-22-16-25(32(35,36)37)18-26(17-22)33(38,39)40/h2-10,12,16-18,21,28H,11,13-15,19-20H2,1H3,(H,41,43)/t21?,28-,31?/m0/s1. The lowest BCUT2D eigenvalue weighted by Crippen LogP contribution is -2.48. The van der Waals surface area contributed by atoms with E-state index in [2.05, 4.69) is 41.4 Å². The molecule has 228 valence electrons. The molecule has 10 heteroatoms. The van der Waals surface area contributed by atoms with Crippen LogP contribution in [0.1, 0.15) is 59.1 Å². The highest BCUT2D eigenvalue weighted by Crippen LogP contribution is 2.47. The number of piperidine rings is 1. The van der Waals surface area contributed by atoms with E-state index in [0.717, 1.165) is 19.5 Å². The zero-order valence-corrected chi connectivity index (χ0v) is 23.4. The lowest BCUT2D eigenvalue weighted by atomic mass is 9.68. The first-order valence-corrected chi connectivity index (χ1v) is 14.1. The Morgan fingerprint density at radius 3 is 2.26 bits per heavy atom. The van der Waals surface area contributed by atoms with Gasteiger partial charge in [0, 0.05) is 18.5 Å². The molecule has 1 aliphatic heterocycles. The number of likely N-dealkylation sites (tertiary alicyclic amines) is 1. The molecule has 0 aromatic heterocycles. The van der Waals surface area contributed by atoms with Crippen molar-refractivity contribution >= 4 is 12.0 Å². The first-order chi connectivity index (χ1) is 20.3. The number of allylic oxidation sites excluding steroid dienone is 1. The van der Waals surface area contributed by atoms with Crippen LogP contribution in [0.4, 0.5) is 30.7 Å². The van der Waals surface area contributed by atoms with Gasteiger partial charge in [-0.2, -0.15) is 26.3 Å². The normalized spacial score (nSPS) is 21.2. The fraction of sp³-hybridized carbons (Fsp3) is 0.364. The summed E-state index contributed by atoms with van der Waals surface area (Å²) in [6, 6.07) is 15.0. The molecule has 43 heavy (non-hydrogen) atoms. The molecule has 3 aromatic carbocycles. The molecule has 2 aliphatic rings. The van der Waals surface area contributed by atoms with Crippen LogP contribution in [0, 0.1) is 11.7 Å². The summed E-state index contributed by atoms with van der Waals surface area (Å²) in [5, 5.41) is 2.52. The Morgan fingerprint density at radius 2 is 1.63 bits per heavy atom. The van der Waals surface area contributed by atoms with Gasteiger partial charge in [-0.05, 0) is 84.4 Å². The maximum atomic E-state index is 13.7. The third kappa shape index (κ3) is 6.64. The second-order valence-electron chi connectivity index (χ2n) is 11.4. The van der Waals surface area contributed by atoms with Gasteiger partial charge in [0.15, 0.2) is 0 Å². The third-order valence-corrected chi connectivity index (χ3v) is 8.71. The lowest BCUT2D eigenvalue weighted by Gasteiger charge is -2.44. The SMILES string of the molecule is CC1CN(CC[C@H](C(=O)NCc2cc(C(F)(F)F)cc(C(F)(F)F)c2)c2ccc(F)cc2)CCC12C=Cc1ccccc12. The van der Waals surface area contributed by atoms with E-state index < -0.39 is 47.7 Å². The number of benzene rings is 3. The lowest BCUT2D eigenvalue weighted by molar-refractivity contribution is -0.143. The van der Waals surface area contributed by atoms with E-state index in [0.29, 0.717) is 36.6 Å². The van der Waals surface area contributed by atoms with Crippen LogP contribution in [-0.2, 0) is 29.1 Å². The maximum absolute atomic E-state index is 13.7. The van der Waals surface area contributed by atoms with Crippen molar-refractivity contribution in [2.75, 3.05) is 19.6 Å². The van der Waals surface area contributed by atoms with Crippen molar-refractivity contribution in [3.05, 3.63) is 112 Å². The predicted molar refractivity (Wildman–Crippen MR) is 149 cm³/mol. The van der Waals surface area contributed by atoms with E-state index in [-0.39, 0.29) is 17.0 Å². The van der Waals surface area contributed by atoms with Crippen LogP contribution in [0.15, 0.2) is 72.8 Å². The second-order valence-corrected chi connectivity index (χ2v) is 11.4. The average Bonchev–Trinajstić information content (AvgIpc) is 3.33. The van der Waals surface area contributed by atoms with E-state index >= 15 is 0 Å². The van der Waals surface area contributed by atoms with Crippen molar-refractivity contribution in [2.45, 2.75) is 50.0 Å². The van der Waals surface area contributed by atoms with Crippen LogP contribution in [-0.4, -0.2) is 30.4 Å². The Morgan fingerprint density at radius 1 is 0.977 bits per heavy atom. The first kappa shape index (κ1) is 30.8. The summed E-state index contributed by atoms with van der Waals surface area (Å²) < 4.78 is 93.5. The number of carbonyl (C=O) groups excluding carboxylic acids is 1. The molecule has 1 aliphatic carbocycles. The summed E-state index contributed by atoms with van der Waals surface area (Å²) in [5.74, 6) is -1.55. The zero-order chi connectivity index (χ0) is 31.0. The number of fused-ring (bicyclic) bond motifs is 2. The van der Waals surface area contributed by atoms with Gasteiger partial charge in [0.1, 0.15) is 5.82 Å². The van der Waals surface area contributed by atoms with E-state index in [1.165, 1.54) is 35.4 Å². The highest BCUT2D eigenvalue weighted by molar-refractivity contribution is 5.83. The summed E-state index contributed by atoms with van der Waals surface area (Å²) in [6.45, 7) is 3.76. The van der Waals surface area contributed by atoms with Gasteiger partial charge in [-0.1, -0.05) is 55.5 Å². The number of hydrogen-bond donors (Lipinski definition) is 1. The fourth-order valence-corrected chi connectivity index (χ4v) is 6.37. The molecule has 0 radical (unpaired) electrons. The van der Waals surface area contributed by atoms with E-state index in [1.54, 1.807) is 0 Å². The number of nitrogens with one attached hydrogen (secondary N) is 1. The van der Waals surface area contributed by atoms with Crippen molar-refractivity contribution in [1.29, 1.82) is 0 Å². The molecule has 1 spiro atoms. The number of amides is 1. The maximum Gasteiger partial charge on any atom is 0.416 e. The molecule has 5 rings (SSSR count). The molecule has 0 bridgehead atoms. The smallest absolute Gasteiger partial charge is 0.351 e. The Bertz CT molecular complexity index is 1460. The van der Waals surface area contributed by atoms with Crippen molar-refractivity contribution in [1.82, 2.24) is 10.2 Å². The minimum Gasteiger partial charge on any atom is -0.351 e. The van der Waals surface area contributed by atoms with Gasteiger partial charge in [-0.15, -0.1) is 0 Å². The highest BCUT2D eigenvalue weighted by Gasteiger charge is 2.43. The summed E-state index contributed by atoms with van der Waals surface area (Å²) in [4.78, 5) is 15.6. The monoisotopic (exact) mass is 604 g/mol. The highest BCUT2D eigenvalue weighted by atomic mass is 19.4.